The SMILES string of the molecule is COc1cc(Nc2ncc(C)c(-n3cc(CN4CC(O)C4)c(C)n3)n2)cc(OC)c1OC. The second-order valence-corrected chi connectivity index (χ2v) is 7.77. The smallest absolute Gasteiger partial charge is 0.229 e. The van der Waals surface area contributed by atoms with E-state index in [-0.39, 0.29) is 6.10 Å². The van der Waals surface area contributed by atoms with Crippen LogP contribution >= 0.6 is 0 Å². The summed E-state index contributed by atoms with van der Waals surface area (Å²) < 4.78 is 18.0. The molecule has 0 saturated carbocycles. The number of nitrogens with one attached hydrogen (secondary N) is 1. The number of likely N-dealkylation sites (tertiary alicyclic amines) is 1. The first-order chi connectivity index (χ1) is 15.4. The first-order valence-corrected chi connectivity index (χ1v) is 10.3. The van der Waals surface area contributed by atoms with E-state index in [4.69, 9.17) is 14.2 Å². The number of aryl methyl sites for hydroxylation is 2. The quantitative estimate of drug-likeness (QED) is 0.545. The van der Waals surface area contributed by atoms with Gasteiger partial charge >= 0.3 is 0 Å². The first-order valence-electron chi connectivity index (χ1n) is 10.3. The summed E-state index contributed by atoms with van der Waals surface area (Å²) in [6.07, 6.45) is 3.52. The van der Waals surface area contributed by atoms with Crippen LogP contribution in [0.5, 0.6) is 17.2 Å². The third-order valence-electron chi connectivity index (χ3n) is 5.42. The van der Waals surface area contributed by atoms with Crippen molar-refractivity contribution in [3.8, 4) is 23.1 Å². The Labute approximate surface area is 186 Å². The monoisotopic (exact) mass is 440 g/mol. The molecular formula is C22H28N6O4. The molecule has 0 aliphatic carbocycles. The van der Waals surface area contributed by atoms with E-state index < -0.39 is 0 Å². The highest BCUT2D eigenvalue weighted by atomic mass is 16.5. The summed E-state index contributed by atoms with van der Waals surface area (Å²) >= 11 is 0. The molecule has 170 valence electrons. The number of benzene rings is 1. The molecule has 1 aromatic carbocycles. The average molecular weight is 441 g/mol. The number of nitrogens with zero attached hydrogens (tertiary/aromatic N) is 5. The van der Waals surface area contributed by atoms with Gasteiger partial charge in [0.25, 0.3) is 0 Å². The van der Waals surface area contributed by atoms with Gasteiger partial charge in [-0.3, -0.25) is 4.90 Å². The minimum atomic E-state index is -0.224. The molecule has 10 heteroatoms. The number of aliphatic hydroxyl groups excluding tert-OH is 1. The van der Waals surface area contributed by atoms with E-state index >= 15 is 0 Å². The first kappa shape index (κ1) is 21.8. The summed E-state index contributed by atoms with van der Waals surface area (Å²) in [5.74, 6) is 2.68. The van der Waals surface area contributed by atoms with Crippen LogP contribution in [0.1, 0.15) is 16.8 Å². The molecule has 4 rings (SSSR count). The molecule has 32 heavy (non-hydrogen) atoms. The molecule has 0 bridgehead atoms. The van der Waals surface area contributed by atoms with Gasteiger partial charge in [-0.1, -0.05) is 0 Å². The molecule has 0 unspecified atom stereocenters. The van der Waals surface area contributed by atoms with Crippen LogP contribution < -0.4 is 19.5 Å². The fourth-order valence-corrected chi connectivity index (χ4v) is 3.68. The average Bonchev–Trinajstić information content (AvgIpc) is 3.13. The van der Waals surface area contributed by atoms with E-state index in [0.717, 1.165) is 23.4 Å². The van der Waals surface area contributed by atoms with E-state index in [1.54, 1.807) is 44.3 Å². The summed E-state index contributed by atoms with van der Waals surface area (Å²) in [6.45, 7) is 6.07. The topological polar surface area (TPSA) is 107 Å². The van der Waals surface area contributed by atoms with Gasteiger partial charge < -0.3 is 24.6 Å². The molecule has 3 heterocycles. The molecule has 1 aliphatic heterocycles. The van der Waals surface area contributed by atoms with Crippen molar-refractivity contribution in [2.75, 3.05) is 39.7 Å². The Kier molecular flexibility index (Phi) is 6.15. The number of β-amino-alcohol motifs (C(OH)–C–C–N with tert-alkyl or cyclic N) is 1. The maximum absolute atomic E-state index is 9.52. The second kappa shape index (κ2) is 9.01. The highest BCUT2D eigenvalue weighted by Gasteiger charge is 2.25. The molecule has 1 saturated heterocycles. The lowest BCUT2D eigenvalue weighted by Gasteiger charge is -2.35. The Bertz CT molecular complexity index is 1080. The maximum atomic E-state index is 9.52. The molecule has 2 aromatic heterocycles. The van der Waals surface area contributed by atoms with Crippen molar-refractivity contribution < 1.29 is 19.3 Å². The van der Waals surface area contributed by atoms with Crippen molar-refractivity contribution in [1.29, 1.82) is 0 Å². The predicted molar refractivity (Wildman–Crippen MR) is 119 cm³/mol. The largest absolute Gasteiger partial charge is 0.493 e. The van der Waals surface area contributed by atoms with Gasteiger partial charge in [0.05, 0.1) is 33.1 Å². The number of aliphatic hydroxyl groups is 1. The number of rotatable bonds is 8. The van der Waals surface area contributed by atoms with E-state index in [2.05, 4.69) is 25.3 Å². The second-order valence-electron chi connectivity index (χ2n) is 7.77. The third-order valence-corrected chi connectivity index (χ3v) is 5.42. The molecule has 2 N–H and O–H groups in total. The highest BCUT2D eigenvalue weighted by Crippen LogP contribution is 2.40. The van der Waals surface area contributed by atoms with Crippen LogP contribution in [0, 0.1) is 13.8 Å². The van der Waals surface area contributed by atoms with Crippen molar-refractivity contribution in [2.45, 2.75) is 26.5 Å². The lowest BCUT2D eigenvalue weighted by molar-refractivity contribution is -0.00297. The van der Waals surface area contributed by atoms with Crippen LogP contribution in [0.25, 0.3) is 5.82 Å². The Morgan fingerprint density at radius 2 is 1.78 bits per heavy atom. The van der Waals surface area contributed by atoms with Gasteiger partial charge in [0.1, 0.15) is 0 Å². The minimum Gasteiger partial charge on any atom is -0.493 e. The van der Waals surface area contributed by atoms with Crippen molar-refractivity contribution in [2.24, 2.45) is 0 Å². The molecule has 1 aliphatic rings. The van der Waals surface area contributed by atoms with Gasteiger partial charge in [0.15, 0.2) is 17.3 Å². The van der Waals surface area contributed by atoms with E-state index in [0.29, 0.717) is 47.8 Å². The maximum Gasteiger partial charge on any atom is 0.229 e. The Balaban J connectivity index is 1.60. The Hall–Kier alpha value is -3.37. The predicted octanol–water partition coefficient (Wildman–Crippen LogP) is 2.23. The zero-order valence-electron chi connectivity index (χ0n) is 18.9. The van der Waals surface area contributed by atoms with Crippen LogP contribution in [-0.4, -0.2) is 70.3 Å². The van der Waals surface area contributed by atoms with Gasteiger partial charge in [0.2, 0.25) is 11.7 Å². The summed E-state index contributed by atoms with van der Waals surface area (Å²) in [5.41, 5.74) is 3.63. The summed E-state index contributed by atoms with van der Waals surface area (Å²) in [6, 6.07) is 3.59. The fourth-order valence-electron chi connectivity index (χ4n) is 3.68. The van der Waals surface area contributed by atoms with Crippen LogP contribution in [0.3, 0.4) is 0 Å². The molecule has 0 spiro atoms. The normalized spacial score (nSPS) is 14.2. The zero-order chi connectivity index (χ0) is 22.8. The molecule has 3 aromatic rings. The van der Waals surface area contributed by atoms with Gasteiger partial charge in [-0.05, 0) is 13.8 Å². The highest BCUT2D eigenvalue weighted by molar-refractivity contribution is 5.66. The van der Waals surface area contributed by atoms with Gasteiger partial charge in [-0.15, -0.1) is 0 Å². The molecule has 0 radical (unpaired) electrons. The lowest BCUT2D eigenvalue weighted by atomic mass is 10.1. The third kappa shape index (κ3) is 4.32. The van der Waals surface area contributed by atoms with Crippen LogP contribution in [-0.2, 0) is 6.54 Å². The molecule has 10 nitrogen and oxygen atoms in total. The molecule has 0 amide bonds. The Morgan fingerprint density at radius 3 is 2.38 bits per heavy atom. The molecular weight excluding hydrogens is 412 g/mol. The van der Waals surface area contributed by atoms with Gasteiger partial charge in [0, 0.05) is 61.0 Å². The van der Waals surface area contributed by atoms with Crippen LogP contribution in [0.2, 0.25) is 0 Å². The van der Waals surface area contributed by atoms with Crippen molar-refractivity contribution >= 4 is 11.6 Å². The van der Waals surface area contributed by atoms with Crippen molar-refractivity contribution in [1.82, 2.24) is 24.6 Å². The zero-order valence-corrected chi connectivity index (χ0v) is 18.9. The standard InChI is InChI=1S/C22H28N6O4/c1-13-8-23-22(24-16-6-18(30-3)20(32-5)19(7-16)31-4)25-21(13)28-10-15(14(2)26-28)9-27-11-17(29)12-27/h6-8,10,17,29H,9,11-12H2,1-5H3,(H,23,24,25). The van der Waals surface area contributed by atoms with E-state index in [1.165, 1.54) is 0 Å². The summed E-state index contributed by atoms with van der Waals surface area (Å²) in [4.78, 5) is 11.3. The fraction of sp³-hybridized carbons (Fsp3) is 0.409. The number of aromatic nitrogens is 4. The molecule has 0 atom stereocenters. The van der Waals surface area contributed by atoms with Crippen molar-refractivity contribution in [3.63, 3.8) is 0 Å². The number of methoxy groups -OCH3 is 3. The number of anilines is 2. The number of hydrogen-bond donors (Lipinski definition) is 2. The lowest BCUT2D eigenvalue weighted by Crippen LogP contribution is -2.49. The van der Waals surface area contributed by atoms with Gasteiger partial charge in [-0.2, -0.15) is 10.1 Å². The minimum absolute atomic E-state index is 0.224. The Morgan fingerprint density at radius 1 is 1.09 bits per heavy atom. The number of ether oxygens (including phenoxy) is 3. The summed E-state index contributed by atoms with van der Waals surface area (Å²) in [5, 5.41) is 17.4. The van der Waals surface area contributed by atoms with E-state index in [1.807, 2.05) is 20.0 Å². The van der Waals surface area contributed by atoms with Crippen molar-refractivity contribution in [3.05, 3.63) is 41.3 Å². The van der Waals surface area contributed by atoms with Gasteiger partial charge in [-0.25, -0.2) is 9.67 Å². The van der Waals surface area contributed by atoms with Crippen LogP contribution in [0.15, 0.2) is 24.5 Å². The summed E-state index contributed by atoms with van der Waals surface area (Å²) in [7, 11) is 4.70. The van der Waals surface area contributed by atoms with Crippen LogP contribution in [0.4, 0.5) is 11.6 Å². The van der Waals surface area contributed by atoms with E-state index in [9.17, 15) is 5.11 Å². The molecule has 1 fully saturated rings. The number of hydrogen-bond acceptors (Lipinski definition) is 9.